The highest BCUT2D eigenvalue weighted by Gasteiger charge is 2.58. The predicted molar refractivity (Wildman–Crippen MR) is 140 cm³/mol. The van der Waals surface area contributed by atoms with Gasteiger partial charge >= 0.3 is 12.2 Å². The molecule has 0 aliphatic carbocycles. The smallest absolute Gasteiger partial charge is 0.416 e. The van der Waals surface area contributed by atoms with Gasteiger partial charge in [0.05, 0.1) is 23.9 Å². The lowest BCUT2D eigenvalue weighted by molar-refractivity contribution is -0.139. The van der Waals surface area contributed by atoms with Crippen LogP contribution in [-0.2, 0) is 15.8 Å². The number of urea groups is 1. The molecule has 1 spiro atoms. The minimum Gasteiger partial charge on any atom is -0.497 e. The zero-order valence-corrected chi connectivity index (χ0v) is 22.9. The van der Waals surface area contributed by atoms with E-state index in [1.54, 1.807) is 38.1 Å². The molecule has 2 aliphatic heterocycles. The third-order valence-corrected chi connectivity index (χ3v) is 7.58. The van der Waals surface area contributed by atoms with Crippen LogP contribution in [0.5, 0.6) is 5.75 Å². The van der Waals surface area contributed by atoms with Crippen LogP contribution in [0.3, 0.4) is 0 Å². The lowest BCUT2D eigenvalue weighted by atomic mass is 9.85. The summed E-state index contributed by atoms with van der Waals surface area (Å²) >= 11 is 0. The molecule has 0 bridgehead atoms. The highest BCUT2D eigenvalue weighted by atomic mass is 19.4. The Hall–Kier alpha value is -4.16. The number of ether oxygens (including phenoxy) is 1. The topological polar surface area (TPSA) is 99.3 Å². The molecule has 2 aromatic carbocycles. The van der Waals surface area contributed by atoms with E-state index in [1.807, 2.05) is 0 Å². The first-order chi connectivity index (χ1) is 19.2. The summed E-state index contributed by atoms with van der Waals surface area (Å²) in [6.07, 6.45) is -4.58. The van der Waals surface area contributed by atoms with Gasteiger partial charge in [-0.1, -0.05) is 19.9 Å². The number of imide groups is 1. The van der Waals surface area contributed by atoms with Gasteiger partial charge in [0.25, 0.3) is 11.8 Å². The monoisotopic (exact) mass is 578 g/mol. The first-order valence-corrected chi connectivity index (χ1v) is 12.9. The number of nitrogens with one attached hydrogen (secondary N) is 1. The summed E-state index contributed by atoms with van der Waals surface area (Å²) in [6, 6.07) is 6.52. The highest BCUT2D eigenvalue weighted by molar-refractivity contribution is 6.16. The van der Waals surface area contributed by atoms with Gasteiger partial charge in [-0.3, -0.25) is 24.2 Å². The lowest BCUT2D eigenvalue weighted by Gasteiger charge is -2.43. The number of likely N-dealkylation sites (N-methyl/N-ethyl adjacent to an activating group) is 1. The SMILES string of the molecule is COc1cccc(N2C(=O)N(C)C(=O)C23CCN(C(=O)C(NC(=O)c2cc(C(F)(F)F)ccc2F)C(C)C)CC3)c1. The molecule has 9 nitrogen and oxygen atoms in total. The molecule has 13 heteroatoms. The maximum atomic E-state index is 14.3. The van der Waals surface area contributed by atoms with E-state index < -0.39 is 64.4 Å². The third kappa shape index (κ3) is 5.44. The van der Waals surface area contributed by atoms with Gasteiger partial charge in [0, 0.05) is 26.2 Å². The highest BCUT2D eigenvalue weighted by Crippen LogP contribution is 2.41. The molecule has 1 N–H and O–H groups in total. The van der Waals surface area contributed by atoms with Crippen LogP contribution in [0.1, 0.15) is 42.6 Å². The van der Waals surface area contributed by atoms with Crippen molar-refractivity contribution in [3.05, 3.63) is 59.4 Å². The van der Waals surface area contributed by atoms with Crippen LogP contribution in [-0.4, -0.2) is 72.4 Å². The molecule has 1 unspecified atom stereocenters. The number of alkyl halides is 3. The second-order valence-electron chi connectivity index (χ2n) is 10.4. The Kier molecular flexibility index (Phi) is 8.01. The number of piperidine rings is 1. The number of benzene rings is 2. The van der Waals surface area contributed by atoms with Gasteiger partial charge in [0.15, 0.2) is 0 Å². The zero-order chi connectivity index (χ0) is 30.3. The van der Waals surface area contributed by atoms with E-state index in [0.29, 0.717) is 29.6 Å². The molecule has 5 amide bonds. The largest absolute Gasteiger partial charge is 0.497 e. The number of hydrogen-bond donors (Lipinski definition) is 1. The normalized spacial score (nSPS) is 17.8. The number of methoxy groups -OCH3 is 1. The maximum absolute atomic E-state index is 14.3. The Balaban J connectivity index is 1.54. The quantitative estimate of drug-likeness (QED) is 0.412. The van der Waals surface area contributed by atoms with E-state index in [2.05, 4.69) is 5.32 Å². The average Bonchev–Trinajstić information content (AvgIpc) is 3.11. The minimum atomic E-state index is -4.79. The molecule has 0 saturated carbocycles. The van der Waals surface area contributed by atoms with Crippen LogP contribution in [0.2, 0.25) is 0 Å². The van der Waals surface area contributed by atoms with Crippen LogP contribution >= 0.6 is 0 Å². The Labute approximate surface area is 234 Å². The van der Waals surface area contributed by atoms with Crippen molar-refractivity contribution in [3.8, 4) is 5.75 Å². The number of anilines is 1. The number of hydrogen-bond acceptors (Lipinski definition) is 5. The average molecular weight is 579 g/mol. The molecule has 0 radical (unpaired) electrons. The number of amides is 5. The first kappa shape index (κ1) is 29.8. The van der Waals surface area contributed by atoms with E-state index >= 15 is 0 Å². The Morgan fingerprint density at radius 3 is 2.29 bits per heavy atom. The third-order valence-electron chi connectivity index (χ3n) is 7.58. The van der Waals surface area contributed by atoms with Gasteiger partial charge in [0.2, 0.25) is 5.91 Å². The van der Waals surface area contributed by atoms with E-state index in [1.165, 1.54) is 24.0 Å². The Morgan fingerprint density at radius 1 is 1.05 bits per heavy atom. The van der Waals surface area contributed by atoms with E-state index in [-0.39, 0.29) is 25.9 Å². The molecule has 4 rings (SSSR count). The molecule has 1 atom stereocenters. The number of halogens is 4. The van der Waals surface area contributed by atoms with Crippen LogP contribution in [0.4, 0.5) is 28.0 Å². The van der Waals surface area contributed by atoms with Crippen molar-refractivity contribution in [1.29, 1.82) is 0 Å². The second-order valence-corrected chi connectivity index (χ2v) is 10.4. The number of carbonyl (C=O) groups excluding carboxylic acids is 4. The molecule has 0 aromatic heterocycles. The summed E-state index contributed by atoms with van der Waals surface area (Å²) in [5.74, 6) is -3.26. The van der Waals surface area contributed by atoms with E-state index in [4.69, 9.17) is 4.74 Å². The summed E-state index contributed by atoms with van der Waals surface area (Å²) in [4.78, 5) is 56.7. The summed E-state index contributed by atoms with van der Waals surface area (Å²) in [5, 5.41) is 2.39. The number of rotatable bonds is 6. The van der Waals surface area contributed by atoms with Gasteiger partial charge in [-0.25, -0.2) is 9.18 Å². The van der Waals surface area contributed by atoms with Gasteiger partial charge in [-0.15, -0.1) is 0 Å². The van der Waals surface area contributed by atoms with Crippen molar-refractivity contribution in [2.75, 3.05) is 32.1 Å². The summed E-state index contributed by atoms with van der Waals surface area (Å²) in [6.45, 7) is 3.39. The fraction of sp³-hybridized carbons (Fsp3) is 0.429. The molecular weight excluding hydrogens is 548 g/mol. The lowest BCUT2D eigenvalue weighted by Crippen LogP contribution is -2.60. The van der Waals surface area contributed by atoms with Crippen molar-refractivity contribution < 1.29 is 41.5 Å². The van der Waals surface area contributed by atoms with Gasteiger partial charge < -0.3 is 15.0 Å². The summed E-state index contributed by atoms with van der Waals surface area (Å²) < 4.78 is 59.0. The van der Waals surface area contributed by atoms with E-state index in [9.17, 15) is 36.7 Å². The van der Waals surface area contributed by atoms with Crippen LogP contribution < -0.4 is 15.0 Å². The number of carbonyl (C=O) groups is 4. The van der Waals surface area contributed by atoms with E-state index in [0.717, 1.165) is 4.90 Å². The maximum Gasteiger partial charge on any atom is 0.416 e. The molecule has 2 aromatic rings. The van der Waals surface area contributed by atoms with Gasteiger partial charge in [0.1, 0.15) is 23.1 Å². The van der Waals surface area contributed by atoms with Crippen molar-refractivity contribution in [2.45, 2.75) is 44.4 Å². The molecule has 2 fully saturated rings. The molecule has 2 heterocycles. The van der Waals surface area contributed by atoms with Crippen LogP contribution in [0.25, 0.3) is 0 Å². The molecule has 41 heavy (non-hydrogen) atoms. The molecule has 2 saturated heterocycles. The molecule has 2 aliphatic rings. The second kappa shape index (κ2) is 11.0. The molecular formula is C28H30F4N4O5. The van der Waals surface area contributed by atoms with Crippen molar-refractivity contribution in [2.24, 2.45) is 5.92 Å². The van der Waals surface area contributed by atoms with Gasteiger partial charge in [-0.2, -0.15) is 13.2 Å². The number of likely N-dealkylation sites (tertiary alicyclic amines) is 1. The summed E-state index contributed by atoms with van der Waals surface area (Å²) in [5.41, 5.74) is -2.81. The predicted octanol–water partition coefficient (Wildman–Crippen LogP) is 4.07. The minimum absolute atomic E-state index is 0.0587. The van der Waals surface area contributed by atoms with Crippen LogP contribution in [0.15, 0.2) is 42.5 Å². The number of nitrogens with zero attached hydrogens (tertiary/aromatic N) is 3. The fourth-order valence-electron chi connectivity index (χ4n) is 5.27. The van der Waals surface area contributed by atoms with Gasteiger partial charge in [-0.05, 0) is 49.1 Å². The Bertz CT molecular complexity index is 1370. The first-order valence-electron chi connectivity index (χ1n) is 12.9. The van der Waals surface area contributed by atoms with Crippen molar-refractivity contribution in [1.82, 2.24) is 15.1 Å². The fourth-order valence-corrected chi connectivity index (χ4v) is 5.27. The Morgan fingerprint density at radius 2 is 1.71 bits per heavy atom. The standard InChI is InChI=1S/C28H30F4N4O5/c1-16(2)22(33-23(37)20-14-17(28(30,31)32)8-9-21(20)29)24(38)35-12-10-27(11-13-35)25(39)34(3)26(40)36(27)18-6-5-7-19(15-18)41-4/h5-9,14-16,22H,10-13H2,1-4H3,(H,33,37). The molecule has 220 valence electrons. The van der Waals surface area contributed by atoms with Crippen molar-refractivity contribution in [3.63, 3.8) is 0 Å². The van der Waals surface area contributed by atoms with Crippen molar-refractivity contribution >= 4 is 29.4 Å². The zero-order valence-electron chi connectivity index (χ0n) is 22.9. The van der Waals surface area contributed by atoms with Crippen LogP contribution in [0, 0.1) is 11.7 Å². The summed E-state index contributed by atoms with van der Waals surface area (Å²) in [7, 11) is 2.87.